The molecule has 1 heterocycles. The summed E-state index contributed by atoms with van der Waals surface area (Å²) in [7, 11) is 0. The highest BCUT2D eigenvalue weighted by Crippen LogP contribution is 2.29. The number of carbonyl (C=O) groups excluding carboxylic acids is 2. The number of anilines is 1. The van der Waals surface area contributed by atoms with E-state index >= 15 is 0 Å². The van der Waals surface area contributed by atoms with Crippen LogP contribution in [0, 0.1) is 0 Å². The third-order valence-electron chi connectivity index (χ3n) is 2.84. The largest absolute Gasteiger partial charge is 0.462 e. The minimum atomic E-state index is -0.701. The number of fused-ring (bicyclic) bond motifs is 1. The number of rotatable bonds is 6. The third kappa shape index (κ3) is 3.65. The Morgan fingerprint density at radius 3 is 2.41 bits per heavy atom. The van der Waals surface area contributed by atoms with Gasteiger partial charge in [-0.05, 0) is 19.9 Å². The van der Waals surface area contributed by atoms with Gasteiger partial charge in [-0.15, -0.1) is 11.3 Å². The van der Waals surface area contributed by atoms with Gasteiger partial charge in [-0.25, -0.2) is 9.59 Å². The van der Waals surface area contributed by atoms with Gasteiger partial charge < -0.3 is 14.8 Å². The minimum absolute atomic E-state index is 0.154. The van der Waals surface area contributed by atoms with Crippen molar-refractivity contribution in [2.24, 2.45) is 0 Å². The van der Waals surface area contributed by atoms with Gasteiger partial charge in [0.25, 0.3) is 0 Å². The van der Waals surface area contributed by atoms with Gasteiger partial charge in [-0.3, -0.25) is 0 Å². The monoisotopic (exact) mass is 319 g/mol. The van der Waals surface area contributed by atoms with Gasteiger partial charge in [0.2, 0.25) is 0 Å². The maximum absolute atomic E-state index is 11.9. The molecule has 6 heteroatoms. The Morgan fingerprint density at radius 1 is 1.14 bits per heavy atom. The predicted molar refractivity (Wildman–Crippen MR) is 86.8 cm³/mol. The van der Waals surface area contributed by atoms with E-state index in [1.165, 1.54) is 6.20 Å². The normalized spacial score (nSPS) is 10.1. The summed E-state index contributed by atoms with van der Waals surface area (Å²) in [6.45, 7) is 3.74. The first-order chi connectivity index (χ1) is 10.7. The number of hydrogen-bond donors (Lipinski definition) is 1. The van der Waals surface area contributed by atoms with E-state index in [0.29, 0.717) is 0 Å². The quantitative estimate of drug-likeness (QED) is 0.383. The van der Waals surface area contributed by atoms with E-state index in [0.717, 1.165) is 15.8 Å². The molecule has 1 aromatic heterocycles. The molecule has 1 N–H and O–H groups in total. The number of thiophene rings is 1. The van der Waals surface area contributed by atoms with E-state index < -0.39 is 11.9 Å². The fraction of sp³-hybridized carbons (Fsp3) is 0.250. The summed E-state index contributed by atoms with van der Waals surface area (Å²) in [5, 5.41) is 5.94. The predicted octanol–water partition coefficient (Wildman–Crippen LogP) is 3.32. The van der Waals surface area contributed by atoms with Crippen LogP contribution in [0.15, 0.2) is 41.4 Å². The first kappa shape index (κ1) is 16.0. The van der Waals surface area contributed by atoms with Gasteiger partial charge in [0, 0.05) is 21.7 Å². The molecule has 1 aromatic carbocycles. The van der Waals surface area contributed by atoms with Crippen LogP contribution in [0.25, 0.3) is 10.1 Å². The molecule has 5 nitrogen and oxygen atoms in total. The molecule has 0 radical (unpaired) electrons. The fourth-order valence-electron chi connectivity index (χ4n) is 1.86. The van der Waals surface area contributed by atoms with Crippen LogP contribution in [0.2, 0.25) is 0 Å². The molecule has 0 bridgehead atoms. The van der Waals surface area contributed by atoms with Gasteiger partial charge in [0.1, 0.15) is 0 Å². The first-order valence-corrected chi connectivity index (χ1v) is 7.82. The van der Waals surface area contributed by atoms with Crippen LogP contribution < -0.4 is 5.32 Å². The summed E-state index contributed by atoms with van der Waals surface area (Å²) in [4.78, 5) is 23.7. The molecule has 22 heavy (non-hydrogen) atoms. The molecular weight excluding hydrogens is 302 g/mol. The number of esters is 2. The van der Waals surface area contributed by atoms with Gasteiger partial charge in [0.15, 0.2) is 5.57 Å². The number of ether oxygens (including phenoxy) is 2. The number of nitrogens with one attached hydrogen (secondary N) is 1. The molecule has 0 aliphatic rings. The maximum Gasteiger partial charge on any atom is 0.347 e. The first-order valence-electron chi connectivity index (χ1n) is 6.94. The van der Waals surface area contributed by atoms with Crippen molar-refractivity contribution in [1.29, 1.82) is 0 Å². The molecule has 0 fully saturated rings. The zero-order valence-corrected chi connectivity index (χ0v) is 13.2. The molecule has 0 atom stereocenters. The van der Waals surface area contributed by atoms with Crippen molar-refractivity contribution in [2.45, 2.75) is 13.8 Å². The summed E-state index contributed by atoms with van der Waals surface area (Å²) in [6, 6.07) is 7.87. The topological polar surface area (TPSA) is 64.6 Å². The molecule has 0 unspecified atom stereocenters. The maximum atomic E-state index is 11.9. The highest BCUT2D eigenvalue weighted by molar-refractivity contribution is 7.17. The van der Waals surface area contributed by atoms with Gasteiger partial charge >= 0.3 is 11.9 Å². The van der Waals surface area contributed by atoms with E-state index in [1.807, 2.05) is 29.6 Å². The van der Waals surface area contributed by atoms with Crippen LogP contribution in [0.5, 0.6) is 0 Å². The van der Waals surface area contributed by atoms with Gasteiger partial charge in [0.05, 0.1) is 18.9 Å². The van der Waals surface area contributed by atoms with Crippen LogP contribution in [0.3, 0.4) is 0 Å². The Morgan fingerprint density at radius 2 is 1.77 bits per heavy atom. The number of benzene rings is 1. The Hall–Kier alpha value is -2.34. The smallest absolute Gasteiger partial charge is 0.347 e. The minimum Gasteiger partial charge on any atom is -0.462 e. The van der Waals surface area contributed by atoms with E-state index in [9.17, 15) is 9.59 Å². The van der Waals surface area contributed by atoms with Crippen molar-refractivity contribution in [3.05, 3.63) is 41.4 Å². The lowest BCUT2D eigenvalue weighted by molar-refractivity contribution is -0.146. The molecule has 0 amide bonds. The summed E-state index contributed by atoms with van der Waals surface area (Å²) in [6.07, 6.45) is 1.34. The Labute approximate surface area is 132 Å². The average molecular weight is 319 g/mol. The zero-order chi connectivity index (χ0) is 15.9. The van der Waals surface area contributed by atoms with Crippen molar-refractivity contribution in [2.75, 3.05) is 18.5 Å². The third-order valence-corrected chi connectivity index (χ3v) is 3.81. The lowest BCUT2D eigenvalue weighted by Crippen LogP contribution is -2.19. The van der Waals surface area contributed by atoms with Crippen molar-refractivity contribution in [1.82, 2.24) is 0 Å². The Balaban J connectivity index is 2.25. The Bertz CT molecular complexity index is 685. The summed E-state index contributed by atoms with van der Waals surface area (Å²) < 4.78 is 10.9. The molecule has 2 rings (SSSR count). The molecule has 0 saturated heterocycles. The Kier molecular flexibility index (Phi) is 5.55. The standard InChI is InChI=1S/C16H17NO4S/c1-3-20-15(18)12(16(19)21-4-2)9-17-13-10-22-14-8-6-5-7-11(13)14/h5-10,17H,3-4H2,1-2H3. The molecule has 116 valence electrons. The number of carbonyl (C=O) groups is 2. The lowest BCUT2D eigenvalue weighted by Gasteiger charge is -2.07. The molecule has 0 saturated carbocycles. The van der Waals surface area contributed by atoms with E-state index in [4.69, 9.17) is 9.47 Å². The molecule has 0 aliphatic heterocycles. The van der Waals surface area contributed by atoms with Crippen LogP contribution in [-0.4, -0.2) is 25.2 Å². The van der Waals surface area contributed by atoms with Crippen LogP contribution in [0.4, 0.5) is 5.69 Å². The second kappa shape index (κ2) is 7.61. The van der Waals surface area contributed by atoms with Crippen LogP contribution >= 0.6 is 11.3 Å². The van der Waals surface area contributed by atoms with Crippen molar-refractivity contribution in [3.8, 4) is 0 Å². The lowest BCUT2D eigenvalue weighted by atomic mass is 10.2. The zero-order valence-electron chi connectivity index (χ0n) is 12.4. The molecule has 0 aliphatic carbocycles. The second-order valence-corrected chi connectivity index (χ2v) is 5.20. The number of hydrogen-bond acceptors (Lipinski definition) is 6. The van der Waals surface area contributed by atoms with Crippen LogP contribution in [-0.2, 0) is 19.1 Å². The molecular formula is C16H17NO4S. The van der Waals surface area contributed by atoms with Crippen LogP contribution in [0.1, 0.15) is 13.8 Å². The summed E-state index contributed by atoms with van der Waals surface area (Å²) in [5.41, 5.74) is 0.672. The second-order valence-electron chi connectivity index (χ2n) is 4.29. The highest BCUT2D eigenvalue weighted by Gasteiger charge is 2.21. The van der Waals surface area contributed by atoms with Crippen molar-refractivity contribution in [3.63, 3.8) is 0 Å². The molecule has 2 aromatic rings. The fourth-order valence-corrected chi connectivity index (χ4v) is 2.76. The highest BCUT2D eigenvalue weighted by atomic mass is 32.1. The van der Waals surface area contributed by atoms with Gasteiger partial charge in [-0.2, -0.15) is 0 Å². The van der Waals surface area contributed by atoms with E-state index in [2.05, 4.69) is 5.32 Å². The van der Waals surface area contributed by atoms with Crippen molar-refractivity contribution >= 4 is 39.0 Å². The van der Waals surface area contributed by atoms with Gasteiger partial charge in [-0.1, -0.05) is 18.2 Å². The molecule has 0 spiro atoms. The summed E-state index contributed by atoms with van der Waals surface area (Å²) >= 11 is 1.58. The van der Waals surface area contributed by atoms with E-state index in [-0.39, 0.29) is 18.8 Å². The summed E-state index contributed by atoms with van der Waals surface area (Å²) in [5.74, 6) is -1.40. The van der Waals surface area contributed by atoms with E-state index in [1.54, 1.807) is 25.2 Å². The SMILES string of the molecule is CCOC(=O)C(=CNc1csc2ccccc12)C(=O)OCC. The van der Waals surface area contributed by atoms with Crippen molar-refractivity contribution < 1.29 is 19.1 Å². The average Bonchev–Trinajstić information content (AvgIpc) is 2.91.